The molecule has 0 bridgehead atoms. The summed E-state index contributed by atoms with van der Waals surface area (Å²) in [6.45, 7) is 23.9. The van der Waals surface area contributed by atoms with Crippen molar-refractivity contribution in [1.29, 1.82) is 0 Å². The molecule has 0 nitrogen and oxygen atoms in total. The molecular formula is C40H54. The zero-order chi connectivity index (χ0) is 30.0. The largest absolute Gasteiger partial charge is 0.0992 e. The highest BCUT2D eigenvalue weighted by Crippen LogP contribution is 2.43. The topological polar surface area (TPSA) is 0 Å². The van der Waals surface area contributed by atoms with Crippen molar-refractivity contribution in [1.82, 2.24) is 0 Å². The molecule has 0 amide bonds. The van der Waals surface area contributed by atoms with E-state index >= 15 is 0 Å². The molecule has 1 aliphatic carbocycles. The molecule has 0 N–H and O–H groups in total. The molecule has 1 rings (SSSR count). The van der Waals surface area contributed by atoms with Gasteiger partial charge in [0.2, 0.25) is 0 Å². The number of hydrogen-bond donors (Lipinski definition) is 0. The van der Waals surface area contributed by atoms with Crippen molar-refractivity contribution in [2.24, 2.45) is 11.3 Å². The lowest BCUT2D eigenvalue weighted by Crippen LogP contribution is -2.27. The summed E-state index contributed by atoms with van der Waals surface area (Å²) >= 11 is 0. The number of allylic oxidation sites excluding steroid dienone is 25. The average Bonchev–Trinajstić information content (AvgIpc) is 2.85. The highest BCUT2D eigenvalue weighted by atomic mass is 14.4. The lowest BCUT2D eigenvalue weighted by Gasteiger charge is -2.38. The Morgan fingerprint density at radius 2 is 0.950 bits per heavy atom. The third kappa shape index (κ3) is 15.9. The fraction of sp³-hybridized carbons (Fsp3) is 0.350. The van der Waals surface area contributed by atoms with Gasteiger partial charge >= 0.3 is 0 Å². The molecule has 0 aromatic rings. The molecule has 0 aliphatic heterocycles. The normalized spacial score (nSPS) is 20.5. The van der Waals surface area contributed by atoms with E-state index in [0.717, 1.165) is 6.42 Å². The summed E-state index contributed by atoms with van der Waals surface area (Å²) in [5.74, 6) is 0.473. The van der Waals surface area contributed by atoms with Crippen LogP contribution in [0.25, 0.3) is 0 Å². The van der Waals surface area contributed by atoms with Crippen molar-refractivity contribution in [3.8, 4) is 0 Å². The summed E-state index contributed by atoms with van der Waals surface area (Å²) in [4.78, 5) is 0. The fourth-order valence-electron chi connectivity index (χ4n) is 4.42. The van der Waals surface area contributed by atoms with E-state index in [0.29, 0.717) is 11.3 Å². The van der Waals surface area contributed by atoms with Gasteiger partial charge in [-0.25, -0.2) is 0 Å². The Kier molecular flexibility index (Phi) is 16.3. The van der Waals surface area contributed by atoms with Crippen LogP contribution in [0.2, 0.25) is 0 Å². The maximum atomic E-state index is 4.33. The first-order valence-electron chi connectivity index (χ1n) is 14.6. The van der Waals surface area contributed by atoms with Crippen LogP contribution in [0, 0.1) is 11.3 Å². The van der Waals surface area contributed by atoms with E-state index in [1.54, 1.807) is 0 Å². The smallest absolute Gasteiger partial charge is 0.00285 e. The Hall–Kier alpha value is -3.38. The minimum Gasteiger partial charge on any atom is -0.0992 e. The van der Waals surface area contributed by atoms with Crippen molar-refractivity contribution >= 4 is 0 Å². The second-order valence-electron chi connectivity index (χ2n) is 12.0. The highest BCUT2D eigenvalue weighted by Gasteiger charge is 2.32. The number of rotatable bonds is 12. The quantitative estimate of drug-likeness (QED) is 0.172. The van der Waals surface area contributed by atoms with E-state index in [-0.39, 0.29) is 0 Å². The summed E-state index contributed by atoms with van der Waals surface area (Å²) in [7, 11) is 0. The molecule has 0 spiro atoms. The molecular weight excluding hydrogens is 480 g/mol. The van der Waals surface area contributed by atoms with Gasteiger partial charge in [-0.2, -0.15) is 0 Å². The first-order chi connectivity index (χ1) is 18.9. The fourth-order valence-corrected chi connectivity index (χ4v) is 4.42. The van der Waals surface area contributed by atoms with Crippen LogP contribution in [0.15, 0.2) is 155 Å². The van der Waals surface area contributed by atoms with E-state index in [4.69, 9.17) is 0 Å². The lowest BCUT2D eigenvalue weighted by atomic mass is 9.66. The second-order valence-corrected chi connectivity index (χ2v) is 12.0. The second kappa shape index (κ2) is 18.8. The van der Waals surface area contributed by atoms with Crippen molar-refractivity contribution in [3.63, 3.8) is 0 Å². The van der Waals surface area contributed by atoms with Gasteiger partial charge in [-0.15, -0.1) is 0 Å². The van der Waals surface area contributed by atoms with Gasteiger partial charge in [-0.1, -0.05) is 169 Å². The highest BCUT2D eigenvalue weighted by molar-refractivity contribution is 5.33. The van der Waals surface area contributed by atoms with E-state index in [1.807, 2.05) is 0 Å². The Balaban J connectivity index is 2.59. The molecule has 0 unspecified atom stereocenters. The van der Waals surface area contributed by atoms with E-state index in [9.17, 15) is 0 Å². The lowest BCUT2D eigenvalue weighted by molar-refractivity contribution is 0.228. The van der Waals surface area contributed by atoms with Crippen LogP contribution < -0.4 is 0 Å². The van der Waals surface area contributed by atoms with Crippen LogP contribution in [0.4, 0.5) is 0 Å². The van der Waals surface area contributed by atoms with Crippen LogP contribution in [0.1, 0.15) is 81.6 Å². The third-order valence-corrected chi connectivity index (χ3v) is 6.93. The molecule has 1 saturated carbocycles. The van der Waals surface area contributed by atoms with Gasteiger partial charge in [0.15, 0.2) is 0 Å². The Morgan fingerprint density at radius 3 is 1.35 bits per heavy atom. The van der Waals surface area contributed by atoms with Gasteiger partial charge in [0.25, 0.3) is 0 Å². The minimum atomic E-state index is 0.309. The molecule has 1 atom stereocenters. The molecule has 0 heteroatoms. The first kappa shape index (κ1) is 34.6. The van der Waals surface area contributed by atoms with E-state index in [2.05, 4.69) is 178 Å². The Morgan fingerprint density at radius 1 is 0.575 bits per heavy atom. The van der Waals surface area contributed by atoms with Gasteiger partial charge in [-0.3, -0.25) is 0 Å². The van der Waals surface area contributed by atoms with Crippen LogP contribution >= 0.6 is 0 Å². The minimum absolute atomic E-state index is 0.309. The Bertz CT molecular complexity index is 1190. The van der Waals surface area contributed by atoms with Crippen molar-refractivity contribution < 1.29 is 0 Å². The first-order valence-corrected chi connectivity index (χ1v) is 14.6. The van der Waals surface area contributed by atoms with Gasteiger partial charge in [0.1, 0.15) is 0 Å². The van der Waals surface area contributed by atoms with Gasteiger partial charge in [0, 0.05) is 5.92 Å². The summed E-state index contributed by atoms with van der Waals surface area (Å²) in [5, 5.41) is 0. The standard InChI is InChI=1S/C40H54/c1-32(2)18-13-21-35(5)24-15-26-36(6)25-14-22-33(3)19-11-12-20-34(4)23-16-27-37(7)29-30-39-38(8)28-17-31-40(39,9)10/h11-16,18-27,29-30,39H,8,17,28,31H2,1-7,9-10H3/b12-11+,21-13+,22-14+,23-16+,26-15+,30-29+,33-19+,34-20+,35-24+,36-25+,37-27+/t39-/m0/s1. The molecule has 1 aliphatic rings. The maximum absolute atomic E-state index is 4.33. The molecule has 40 heavy (non-hydrogen) atoms. The van der Waals surface area contributed by atoms with Crippen molar-refractivity contribution in [2.45, 2.75) is 81.6 Å². The maximum Gasteiger partial charge on any atom is 0.00285 e. The molecule has 0 aromatic carbocycles. The summed E-state index contributed by atoms with van der Waals surface area (Å²) in [6, 6.07) is 0. The zero-order valence-corrected chi connectivity index (χ0v) is 26.8. The van der Waals surface area contributed by atoms with Crippen LogP contribution in [0.3, 0.4) is 0 Å². The molecule has 1 fully saturated rings. The molecule has 0 saturated heterocycles. The summed E-state index contributed by atoms with van der Waals surface area (Å²) < 4.78 is 0. The molecule has 0 aromatic heterocycles. The third-order valence-electron chi connectivity index (χ3n) is 6.93. The number of hydrogen-bond acceptors (Lipinski definition) is 0. The average molecular weight is 535 g/mol. The van der Waals surface area contributed by atoms with Crippen molar-refractivity contribution in [2.75, 3.05) is 0 Å². The van der Waals surface area contributed by atoms with Crippen LogP contribution in [0.5, 0.6) is 0 Å². The predicted molar refractivity (Wildman–Crippen MR) is 183 cm³/mol. The summed E-state index contributed by atoms with van der Waals surface area (Å²) in [5.41, 5.74) is 9.12. The molecule has 0 radical (unpaired) electrons. The van der Waals surface area contributed by atoms with E-state index < -0.39 is 0 Å². The van der Waals surface area contributed by atoms with Gasteiger partial charge in [0.05, 0.1) is 0 Å². The van der Waals surface area contributed by atoms with Crippen LogP contribution in [-0.4, -0.2) is 0 Å². The SMILES string of the molecule is C=C1CCCC(C)(C)[C@H]1/C=C/C(C)=C/C=C/C(C)=C/C=C/C=C(C)/C=C/C=C(C)/C=C/C=C(C)/C=C/C=C(C)C. The van der Waals surface area contributed by atoms with Gasteiger partial charge in [-0.05, 0) is 73.1 Å². The molecule has 214 valence electrons. The zero-order valence-electron chi connectivity index (χ0n) is 26.8. The molecule has 0 heterocycles. The van der Waals surface area contributed by atoms with Crippen molar-refractivity contribution in [3.05, 3.63) is 155 Å². The van der Waals surface area contributed by atoms with Gasteiger partial charge < -0.3 is 0 Å². The predicted octanol–water partition coefficient (Wildman–Crippen LogP) is 12.4. The van der Waals surface area contributed by atoms with Crippen LogP contribution in [-0.2, 0) is 0 Å². The monoisotopic (exact) mass is 534 g/mol. The van der Waals surface area contributed by atoms with E-state index in [1.165, 1.54) is 51.9 Å². The Labute approximate surface area is 247 Å². The summed E-state index contributed by atoms with van der Waals surface area (Å²) in [6.07, 6.45) is 42.3.